The summed E-state index contributed by atoms with van der Waals surface area (Å²) < 4.78 is 30.1. The topological polar surface area (TPSA) is 84.3 Å². The van der Waals surface area contributed by atoms with E-state index in [4.69, 9.17) is 0 Å². The summed E-state index contributed by atoms with van der Waals surface area (Å²) in [5, 5.41) is 0. The van der Waals surface area contributed by atoms with Gasteiger partial charge in [-0.15, -0.1) is 0 Å². The highest BCUT2D eigenvalue weighted by Gasteiger charge is 2.22. The largest absolute Gasteiger partial charge is 0.312 e. The maximum atomic E-state index is 12.7. The minimum absolute atomic E-state index is 0.0716. The summed E-state index contributed by atoms with van der Waals surface area (Å²) >= 11 is 0. The zero-order valence-corrected chi connectivity index (χ0v) is 17.8. The Kier molecular flexibility index (Phi) is 5.34. The lowest BCUT2D eigenvalue weighted by Gasteiger charge is -2.16. The highest BCUT2D eigenvalue weighted by atomic mass is 32.2. The second-order valence-electron chi connectivity index (χ2n) is 7.61. The van der Waals surface area contributed by atoms with Crippen LogP contribution in [0.3, 0.4) is 0 Å². The number of rotatable bonds is 6. The van der Waals surface area contributed by atoms with Gasteiger partial charge in [0.05, 0.1) is 4.90 Å². The van der Waals surface area contributed by atoms with Crippen LogP contribution in [-0.4, -0.2) is 30.4 Å². The zero-order chi connectivity index (χ0) is 21.3. The molecule has 0 unspecified atom stereocenters. The van der Waals surface area contributed by atoms with Crippen LogP contribution in [0.2, 0.25) is 0 Å². The van der Waals surface area contributed by atoms with Gasteiger partial charge >= 0.3 is 0 Å². The highest BCUT2D eigenvalue weighted by molar-refractivity contribution is 7.92. The molecule has 3 aromatic rings. The summed E-state index contributed by atoms with van der Waals surface area (Å²) in [6, 6.07) is 13.6. The van der Waals surface area contributed by atoms with Gasteiger partial charge in [0.25, 0.3) is 10.0 Å². The molecular weight excluding hydrogens is 400 g/mol. The molecule has 1 fully saturated rings. The number of hydrogen-bond acceptors (Lipinski definition) is 4. The van der Waals surface area contributed by atoms with Crippen molar-refractivity contribution in [1.29, 1.82) is 0 Å². The van der Waals surface area contributed by atoms with Crippen molar-refractivity contribution in [2.75, 3.05) is 16.2 Å². The Bertz CT molecular complexity index is 1150. The zero-order valence-electron chi connectivity index (χ0n) is 16.9. The number of sulfonamides is 1. The van der Waals surface area contributed by atoms with Crippen molar-refractivity contribution in [3.05, 3.63) is 66.7 Å². The maximum absolute atomic E-state index is 12.7. The average molecular weight is 425 g/mol. The van der Waals surface area contributed by atoms with Gasteiger partial charge in [-0.3, -0.25) is 9.52 Å². The molecule has 2 aromatic carbocycles. The van der Waals surface area contributed by atoms with Gasteiger partial charge in [0.15, 0.2) is 0 Å². The number of amides is 1. The van der Waals surface area contributed by atoms with Crippen LogP contribution in [0, 0.1) is 0 Å². The summed E-state index contributed by atoms with van der Waals surface area (Å²) in [4.78, 5) is 18.1. The monoisotopic (exact) mass is 424 g/mol. The SMILES string of the molecule is CC(C)c1nccn1-c1ccc(NS(=O)(=O)c2ccc(N3CCCC3=O)cc2)cc1. The third-order valence-corrected chi connectivity index (χ3v) is 6.51. The second-order valence-corrected chi connectivity index (χ2v) is 9.29. The molecule has 0 aliphatic carbocycles. The molecule has 7 nitrogen and oxygen atoms in total. The van der Waals surface area contributed by atoms with E-state index < -0.39 is 10.0 Å². The van der Waals surface area contributed by atoms with Crippen molar-refractivity contribution in [1.82, 2.24) is 9.55 Å². The Labute approximate surface area is 176 Å². The molecular formula is C22H24N4O3S. The van der Waals surface area contributed by atoms with Gasteiger partial charge in [-0.05, 0) is 55.0 Å². The third kappa shape index (κ3) is 3.95. The molecule has 0 bridgehead atoms. The van der Waals surface area contributed by atoms with Gasteiger partial charge in [-0.1, -0.05) is 13.8 Å². The normalized spacial score (nSPS) is 14.5. The molecule has 156 valence electrons. The molecule has 0 saturated carbocycles. The summed E-state index contributed by atoms with van der Waals surface area (Å²) in [6.07, 6.45) is 5.01. The lowest BCUT2D eigenvalue weighted by atomic mass is 10.2. The van der Waals surface area contributed by atoms with E-state index in [9.17, 15) is 13.2 Å². The van der Waals surface area contributed by atoms with Crippen LogP contribution in [0.1, 0.15) is 38.4 Å². The van der Waals surface area contributed by atoms with Gasteiger partial charge in [-0.2, -0.15) is 0 Å². The summed E-state index contributed by atoms with van der Waals surface area (Å²) in [7, 11) is -3.73. The van der Waals surface area contributed by atoms with Gasteiger partial charge in [0.1, 0.15) is 5.82 Å². The Morgan fingerprint density at radius 3 is 2.27 bits per heavy atom. The summed E-state index contributed by atoms with van der Waals surface area (Å²) in [5.74, 6) is 1.29. The van der Waals surface area contributed by atoms with E-state index in [1.165, 1.54) is 12.1 Å². The molecule has 1 aliphatic rings. The average Bonchev–Trinajstić information content (AvgIpc) is 3.38. The van der Waals surface area contributed by atoms with Crippen molar-refractivity contribution in [2.45, 2.75) is 37.5 Å². The standard InChI is InChI=1S/C22H24N4O3S/c1-16(2)22-23-13-15-26(22)19-7-5-17(6-8-19)24-30(28,29)20-11-9-18(10-12-20)25-14-3-4-21(25)27/h5-13,15-16,24H,3-4,14H2,1-2H3. The molecule has 0 spiro atoms. The second kappa shape index (κ2) is 7.95. The first-order chi connectivity index (χ1) is 14.3. The van der Waals surface area contributed by atoms with E-state index >= 15 is 0 Å². The van der Waals surface area contributed by atoms with Gasteiger partial charge < -0.3 is 9.47 Å². The fraction of sp³-hybridized carbons (Fsp3) is 0.273. The molecule has 4 rings (SSSR count). The van der Waals surface area contributed by atoms with E-state index in [0.717, 1.165) is 23.6 Å². The van der Waals surface area contributed by atoms with Crippen LogP contribution in [-0.2, 0) is 14.8 Å². The molecule has 1 saturated heterocycles. The number of carbonyl (C=O) groups is 1. The minimum Gasteiger partial charge on any atom is -0.312 e. The quantitative estimate of drug-likeness (QED) is 0.650. The van der Waals surface area contributed by atoms with Crippen LogP contribution in [0.5, 0.6) is 0 Å². The highest BCUT2D eigenvalue weighted by Crippen LogP contribution is 2.25. The Balaban J connectivity index is 1.50. The maximum Gasteiger partial charge on any atom is 0.261 e. The molecule has 0 atom stereocenters. The Morgan fingerprint density at radius 1 is 1.00 bits per heavy atom. The number of hydrogen-bond donors (Lipinski definition) is 1. The molecule has 1 aromatic heterocycles. The van der Waals surface area contributed by atoms with Crippen molar-refractivity contribution in [3.63, 3.8) is 0 Å². The number of anilines is 2. The molecule has 1 amide bonds. The van der Waals surface area contributed by atoms with Crippen LogP contribution in [0.15, 0.2) is 65.8 Å². The first-order valence-electron chi connectivity index (χ1n) is 9.92. The van der Waals surface area contributed by atoms with Crippen molar-refractivity contribution in [3.8, 4) is 5.69 Å². The van der Waals surface area contributed by atoms with Crippen LogP contribution < -0.4 is 9.62 Å². The van der Waals surface area contributed by atoms with Crippen LogP contribution in [0.4, 0.5) is 11.4 Å². The van der Waals surface area contributed by atoms with Crippen LogP contribution in [0.25, 0.3) is 5.69 Å². The van der Waals surface area contributed by atoms with E-state index in [-0.39, 0.29) is 16.7 Å². The molecule has 8 heteroatoms. The fourth-order valence-corrected chi connectivity index (χ4v) is 4.65. The molecule has 2 heterocycles. The Morgan fingerprint density at radius 2 is 1.67 bits per heavy atom. The predicted octanol–water partition coefficient (Wildman–Crippen LogP) is 3.92. The summed E-state index contributed by atoms with van der Waals surface area (Å²) in [5.41, 5.74) is 2.12. The van der Waals surface area contributed by atoms with E-state index in [1.807, 2.05) is 22.9 Å². The first kappa shape index (κ1) is 20.2. The van der Waals surface area contributed by atoms with E-state index in [2.05, 4.69) is 23.6 Å². The number of nitrogens with one attached hydrogen (secondary N) is 1. The van der Waals surface area contributed by atoms with Gasteiger partial charge in [0.2, 0.25) is 5.91 Å². The smallest absolute Gasteiger partial charge is 0.261 e. The lowest BCUT2D eigenvalue weighted by Crippen LogP contribution is -2.23. The first-order valence-corrected chi connectivity index (χ1v) is 11.4. The number of nitrogens with zero attached hydrogens (tertiary/aromatic N) is 3. The lowest BCUT2D eigenvalue weighted by molar-refractivity contribution is -0.117. The van der Waals surface area contributed by atoms with Crippen LogP contribution >= 0.6 is 0 Å². The minimum atomic E-state index is -3.73. The van der Waals surface area contributed by atoms with Gasteiger partial charge in [-0.25, -0.2) is 13.4 Å². The predicted molar refractivity (Wildman–Crippen MR) is 116 cm³/mol. The number of benzene rings is 2. The molecule has 1 N–H and O–H groups in total. The number of imidazole rings is 1. The molecule has 1 aliphatic heterocycles. The van der Waals surface area contributed by atoms with Gasteiger partial charge in [0, 0.05) is 48.3 Å². The Hall–Kier alpha value is -3.13. The number of carbonyl (C=O) groups excluding carboxylic acids is 1. The van der Waals surface area contributed by atoms with E-state index in [0.29, 0.717) is 18.7 Å². The number of aromatic nitrogens is 2. The van der Waals surface area contributed by atoms with E-state index in [1.54, 1.807) is 35.4 Å². The molecule has 0 radical (unpaired) electrons. The molecule has 30 heavy (non-hydrogen) atoms. The van der Waals surface area contributed by atoms with Crippen molar-refractivity contribution < 1.29 is 13.2 Å². The third-order valence-electron chi connectivity index (χ3n) is 5.12. The van der Waals surface area contributed by atoms with Crippen molar-refractivity contribution in [2.24, 2.45) is 0 Å². The van der Waals surface area contributed by atoms with Crippen molar-refractivity contribution >= 4 is 27.3 Å². The fourth-order valence-electron chi connectivity index (χ4n) is 3.59. The summed E-state index contributed by atoms with van der Waals surface area (Å²) in [6.45, 7) is 4.82.